The zero-order valence-electron chi connectivity index (χ0n) is 18.9. The van der Waals surface area contributed by atoms with Crippen molar-refractivity contribution in [3.63, 3.8) is 0 Å². The molecule has 0 spiro atoms. The number of carbonyl (C=O) groups excluding carboxylic acids is 1. The summed E-state index contributed by atoms with van der Waals surface area (Å²) >= 11 is 5.92. The third-order valence-electron chi connectivity index (χ3n) is 5.76. The predicted octanol–water partition coefficient (Wildman–Crippen LogP) is 0.0211. The molecule has 0 saturated carbocycles. The predicted molar refractivity (Wildman–Crippen MR) is 129 cm³/mol. The van der Waals surface area contributed by atoms with Gasteiger partial charge in [-0.1, -0.05) is 11.6 Å². The number of ether oxygens (including phenoxy) is 1. The minimum Gasteiger partial charge on any atom is -0.382 e. The van der Waals surface area contributed by atoms with Gasteiger partial charge in [-0.05, 0) is 0 Å². The Morgan fingerprint density at radius 2 is 1.86 bits per heavy atom. The second-order valence-electron chi connectivity index (χ2n) is 8.16. The quantitative estimate of drug-likeness (QED) is 0.420. The number of morpholine rings is 1. The highest BCUT2D eigenvalue weighted by Gasteiger charge is 2.22. The maximum absolute atomic E-state index is 11.0. The fourth-order valence-corrected chi connectivity index (χ4v) is 4.03. The van der Waals surface area contributed by atoms with Crippen LogP contribution in [0.5, 0.6) is 0 Å². The average molecular weight is 501 g/mol. The van der Waals surface area contributed by atoms with Crippen molar-refractivity contribution in [2.75, 3.05) is 66.7 Å². The van der Waals surface area contributed by atoms with Crippen LogP contribution in [-0.2, 0) is 16.1 Å². The van der Waals surface area contributed by atoms with E-state index in [2.05, 4.69) is 40.2 Å². The van der Waals surface area contributed by atoms with Crippen LogP contribution in [-0.4, -0.2) is 98.0 Å². The Bertz CT molecular complexity index is 1170. The zero-order valence-corrected chi connectivity index (χ0v) is 19.6. The van der Waals surface area contributed by atoms with E-state index in [0.29, 0.717) is 75.3 Å². The van der Waals surface area contributed by atoms with Crippen LogP contribution >= 0.6 is 11.6 Å². The molecule has 1 unspecified atom stereocenters. The smallest absolute Gasteiger partial charge is 0.232 e. The van der Waals surface area contributed by atoms with Gasteiger partial charge >= 0.3 is 0 Å². The summed E-state index contributed by atoms with van der Waals surface area (Å²) in [6.07, 6.45) is 7.29. The first-order valence-corrected chi connectivity index (χ1v) is 11.5. The molecule has 1 atom stereocenters. The molecule has 184 valence electrons. The minimum atomic E-state index is -0.0983. The van der Waals surface area contributed by atoms with E-state index >= 15 is 0 Å². The van der Waals surface area contributed by atoms with Crippen LogP contribution in [0.4, 0.5) is 29.4 Å². The highest BCUT2D eigenvalue weighted by Crippen LogP contribution is 2.21. The molecule has 3 aromatic rings. The van der Waals surface area contributed by atoms with Gasteiger partial charge in [0.15, 0.2) is 0 Å². The Labute approximate surface area is 206 Å². The summed E-state index contributed by atoms with van der Waals surface area (Å²) in [5.41, 5.74) is 6.55. The number of halogens is 1. The number of piperazine rings is 1. The molecule has 2 saturated heterocycles. The second kappa shape index (κ2) is 10.2. The zero-order chi connectivity index (χ0) is 24.2. The number of nitrogens with zero attached hydrogens (tertiary/aromatic N) is 10. The normalized spacial score (nSPS) is 18.5. The van der Waals surface area contributed by atoms with Crippen LogP contribution in [0.2, 0.25) is 5.02 Å². The molecule has 2 fully saturated rings. The molecule has 35 heavy (non-hydrogen) atoms. The summed E-state index contributed by atoms with van der Waals surface area (Å²) in [7, 11) is 0. The van der Waals surface area contributed by atoms with Crippen molar-refractivity contribution in [1.82, 2.24) is 39.6 Å². The maximum Gasteiger partial charge on any atom is 0.232 e. The Hall–Kier alpha value is -3.78. The Morgan fingerprint density at radius 1 is 1.09 bits per heavy atom. The van der Waals surface area contributed by atoms with Crippen LogP contribution in [0.15, 0.2) is 24.9 Å². The van der Waals surface area contributed by atoms with E-state index in [-0.39, 0.29) is 11.9 Å². The van der Waals surface area contributed by atoms with Gasteiger partial charge in [0.25, 0.3) is 0 Å². The minimum absolute atomic E-state index is 0.0983. The van der Waals surface area contributed by atoms with Crippen molar-refractivity contribution < 1.29 is 9.53 Å². The molecule has 15 heteroatoms. The van der Waals surface area contributed by atoms with E-state index in [4.69, 9.17) is 22.1 Å². The number of aromatic nitrogens is 7. The van der Waals surface area contributed by atoms with Crippen molar-refractivity contribution in [1.29, 1.82) is 0 Å². The monoisotopic (exact) mass is 500 g/mol. The first kappa shape index (κ1) is 23.0. The fraction of sp³-hybridized carbons (Fsp3) is 0.450. The SMILES string of the molecule is Nc1nc(N2CCN(c3ncnc(Nc4cnn(CC5CN(C=O)CCO5)c4)n3)CC2)ncc1Cl. The maximum atomic E-state index is 11.0. The number of hydrogen-bond acceptors (Lipinski definition) is 12. The van der Waals surface area contributed by atoms with Crippen molar-refractivity contribution in [3.05, 3.63) is 29.9 Å². The summed E-state index contributed by atoms with van der Waals surface area (Å²) in [6, 6.07) is 0. The number of hydrogen-bond donors (Lipinski definition) is 2. The molecule has 0 bridgehead atoms. The lowest BCUT2D eigenvalue weighted by Gasteiger charge is -2.34. The highest BCUT2D eigenvalue weighted by atomic mass is 35.5. The van der Waals surface area contributed by atoms with Crippen molar-refractivity contribution in [2.45, 2.75) is 12.6 Å². The number of amides is 1. The molecular weight excluding hydrogens is 476 g/mol. The lowest BCUT2D eigenvalue weighted by molar-refractivity contribution is -0.126. The largest absolute Gasteiger partial charge is 0.382 e. The molecule has 0 radical (unpaired) electrons. The summed E-state index contributed by atoms with van der Waals surface area (Å²) in [5, 5.41) is 7.88. The Balaban J connectivity index is 1.17. The fourth-order valence-electron chi connectivity index (χ4n) is 3.94. The van der Waals surface area contributed by atoms with E-state index in [1.54, 1.807) is 15.8 Å². The van der Waals surface area contributed by atoms with Crippen LogP contribution in [0.1, 0.15) is 0 Å². The van der Waals surface area contributed by atoms with Crippen molar-refractivity contribution in [2.24, 2.45) is 0 Å². The van der Waals surface area contributed by atoms with Gasteiger partial charge in [-0.3, -0.25) is 9.48 Å². The molecule has 2 aliphatic heterocycles. The molecule has 5 rings (SSSR count). The average Bonchev–Trinajstić information content (AvgIpc) is 3.32. The van der Waals surface area contributed by atoms with E-state index in [0.717, 1.165) is 12.1 Å². The van der Waals surface area contributed by atoms with E-state index in [1.807, 2.05) is 11.1 Å². The van der Waals surface area contributed by atoms with Crippen molar-refractivity contribution >= 4 is 47.4 Å². The third kappa shape index (κ3) is 5.49. The molecule has 5 heterocycles. The number of carbonyl (C=O) groups is 1. The molecule has 1 amide bonds. The highest BCUT2D eigenvalue weighted by molar-refractivity contribution is 6.32. The van der Waals surface area contributed by atoms with Gasteiger partial charge in [-0.2, -0.15) is 15.1 Å². The number of nitrogens with one attached hydrogen (secondary N) is 1. The van der Waals surface area contributed by atoms with E-state index < -0.39 is 0 Å². The molecule has 0 aromatic carbocycles. The lowest BCUT2D eigenvalue weighted by atomic mass is 10.3. The molecule has 14 nitrogen and oxygen atoms in total. The standard InChI is InChI=1S/C20H25ClN12O2/c21-16-8-23-19(28-17(16)22)31-1-3-32(4-2-31)20-25-12-24-18(29-20)27-14-7-26-33(9-14)11-15-10-30(13-34)5-6-35-15/h7-9,12-13,15H,1-6,10-11H2,(H2,22,23,28)(H,24,25,27,29). The summed E-state index contributed by atoms with van der Waals surface area (Å²) in [5.74, 6) is 1.83. The lowest BCUT2D eigenvalue weighted by Crippen LogP contribution is -2.47. The number of rotatable bonds is 7. The van der Waals surface area contributed by atoms with Gasteiger partial charge in [0.05, 0.1) is 37.3 Å². The number of anilines is 5. The Kier molecular flexibility index (Phi) is 6.72. The van der Waals surface area contributed by atoms with Crippen LogP contribution in [0, 0.1) is 0 Å². The molecular formula is C20H25ClN12O2. The second-order valence-corrected chi connectivity index (χ2v) is 8.56. The molecule has 3 N–H and O–H groups in total. The van der Waals surface area contributed by atoms with Gasteiger partial charge in [-0.15, -0.1) is 0 Å². The van der Waals surface area contributed by atoms with Crippen molar-refractivity contribution in [3.8, 4) is 0 Å². The topological polar surface area (TPSA) is 156 Å². The van der Waals surface area contributed by atoms with Gasteiger partial charge in [0.2, 0.25) is 24.3 Å². The molecule has 2 aliphatic rings. The first-order valence-electron chi connectivity index (χ1n) is 11.1. The third-order valence-corrected chi connectivity index (χ3v) is 6.05. The van der Waals surface area contributed by atoms with E-state index in [9.17, 15) is 4.79 Å². The van der Waals surface area contributed by atoms with Gasteiger partial charge < -0.3 is 30.5 Å². The van der Waals surface area contributed by atoms with Crippen LogP contribution < -0.4 is 20.9 Å². The number of nitrogens with two attached hydrogens (primary N) is 1. The summed E-state index contributed by atoms with van der Waals surface area (Å²) in [4.78, 5) is 38.5. The summed E-state index contributed by atoms with van der Waals surface area (Å²) in [6.45, 7) is 4.99. The summed E-state index contributed by atoms with van der Waals surface area (Å²) < 4.78 is 7.50. The van der Waals surface area contributed by atoms with Gasteiger partial charge in [-0.25, -0.2) is 15.0 Å². The van der Waals surface area contributed by atoms with E-state index in [1.165, 1.54) is 12.5 Å². The number of nitrogen functional groups attached to an aromatic ring is 1. The Morgan fingerprint density at radius 3 is 2.60 bits per heavy atom. The molecule has 3 aromatic heterocycles. The first-order chi connectivity index (χ1) is 17.1. The van der Waals surface area contributed by atoms with Crippen LogP contribution in [0.3, 0.4) is 0 Å². The molecule has 0 aliphatic carbocycles. The van der Waals surface area contributed by atoms with Gasteiger partial charge in [0, 0.05) is 45.5 Å². The van der Waals surface area contributed by atoms with Crippen LogP contribution in [0.25, 0.3) is 0 Å². The van der Waals surface area contributed by atoms with Gasteiger partial charge in [0.1, 0.15) is 17.2 Å².